The van der Waals surface area contributed by atoms with Crippen molar-refractivity contribution in [3.05, 3.63) is 47.0 Å². The first-order valence-electron chi connectivity index (χ1n) is 8.56. The molecule has 7 nitrogen and oxygen atoms in total. The molecule has 3 rings (SSSR count). The molecule has 1 aliphatic rings. The number of methoxy groups -OCH3 is 1. The van der Waals surface area contributed by atoms with E-state index in [1.807, 2.05) is 0 Å². The van der Waals surface area contributed by atoms with Crippen LogP contribution in [0.2, 0.25) is 5.02 Å². The van der Waals surface area contributed by atoms with Crippen molar-refractivity contribution >= 4 is 44.8 Å². The lowest BCUT2D eigenvalue weighted by atomic mass is 10.1. The van der Waals surface area contributed by atoms with Gasteiger partial charge in [0.1, 0.15) is 5.75 Å². The van der Waals surface area contributed by atoms with Crippen LogP contribution in [0.4, 0.5) is 11.4 Å². The molecule has 0 unspecified atom stereocenters. The Kier molecular flexibility index (Phi) is 5.62. The van der Waals surface area contributed by atoms with E-state index in [0.717, 1.165) is 4.90 Å². The predicted octanol–water partition coefficient (Wildman–Crippen LogP) is 3.50. The summed E-state index contributed by atoms with van der Waals surface area (Å²) in [5.41, 5.74) is 1.31. The van der Waals surface area contributed by atoms with Gasteiger partial charge in [-0.25, -0.2) is 8.42 Å². The summed E-state index contributed by atoms with van der Waals surface area (Å²) in [4.78, 5) is 25.1. The van der Waals surface area contributed by atoms with E-state index in [4.69, 9.17) is 16.3 Å². The molecule has 0 aromatic heterocycles. The lowest BCUT2D eigenvalue weighted by Gasteiger charge is -2.25. The molecule has 0 aliphatic carbocycles. The molecule has 0 atom stereocenters. The third kappa shape index (κ3) is 3.98. The Morgan fingerprint density at radius 2 is 1.68 bits per heavy atom. The summed E-state index contributed by atoms with van der Waals surface area (Å²) in [7, 11) is -2.49. The van der Waals surface area contributed by atoms with Crippen LogP contribution in [0.25, 0.3) is 0 Å². The lowest BCUT2D eigenvalue weighted by molar-refractivity contribution is -0.129. The normalized spacial score (nSPS) is 14.9. The van der Waals surface area contributed by atoms with Crippen LogP contribution in [0.5, 0.6) is 5.75 Å². The molecule has 9 heteroatoms. The van der Waals surface area contributed by atoms with E-state index in [2.05, 4.69) is 4.72 Å². The third-order valence-electron chi connectivity index (χ3n) is 4.41. The molecule has 1 fully saturated rings. The zero-order chi connectivity index (χ0) is 20.5. The van der Waals surface area contributed by atoms with Gasteiger partial charge < -0.3 is 4.74 Å². The number of benzene rings is 2. The van der Waals surface area contributed by atoms with Gasteiger partial charge in [0.2, 0.25) is 11.8 Å². The SMILES string of the molecule is COc1cc(Cl)c(C)cc1NS(=O)(=O)c1ccc(N2C(=O)CCCC2=O)cc1. The molecule has 148 valence electrons. The van der Waals surface area contributed by atoms with E-state index >= 15 is 0 Å². The lowest BCUT2D eigenvalue weighted by Crippen LogP contribution is -2.40. The van der Waals surface area contributed by atoms with Crippen molar-refractivity contribution < 1.29 is 22.7 Å². The van der Waals surface area contributed by atoms with Gasteiger partial charge in [-0.3, -0.25) is 19.2 Å². The monoisotopic (exact) mass is 422 g/mol. The number of rotatable bonds is 5. The van der Waals surface area contributed by atoms with E-state index in [-0.39, 0.29) is 22.4 Å². The van der Waals surface area contributed by atoms with E-state index < -0.39 is 10.0 Å². The average molecular weight is 423 g/mol. The van der Waals surface area contributed by atoms with Crippen LogP contribution in [0.15, 0.2) is 41.3 Å². The molecule has 2 aromatic carbocycles. The van der Waals surface area contributed by atoms with Gasteiger partial charge in [-0.1, -0.05) is 11.6 Å². The van der Waals surface area contributed by atoms with Crippen molar-refractivity contribution in [2.45, 2.75) is 31.1 Å². The highest BCUT2D eigenvalue weighted by Crippen LogP contribution is 2.33. The van der Waals surface area contributed by atoms with Crippen LogP contribution >= 0.6 is 11.6 Å². The number of halogens is 1. The van der Waals surface area contributed by atoms with Gasteiger partial charge in [-0.2, -0.15) is 0 Å². The second-order valence-corrected chi connectivity index (χ2v) is 8.47. The first-order valence-corrected chi connectivity index (χ1v) is 10.4. The highest BCUT2D eigenvalue weighted by Gasteiger charge is 2.27. The number of piperidine rings is 1. The minimum atomic E-state index is -3.91. The molecule has 0 bridgehead atoms. The Morgan fingerprint density at radius 3 is 2.25 bits per heavy atom. The first-order chi connectivity index (χ1) is 13.2. The Bertz CT molecular complexity index is 1020. The molecular formula is C19H19ClN2O5S. The fraction of sp³-hybridized carbons (Fsp3) is 0.263. The van der Waals surface area contributed by atoms with E-state index in [9.17, 15) is 18.0 Å². The fourth-order valence-corrected chi connectivity index (χ4v) is 4.15. The summed E-state index contributed by atoms with van der Waals surface area (Å²) in [5.74, 6) is -0.280. The summed E-state index contributed by atoms with van der Waals surface area (Å²) >= 11 is 6.05. The van der Waals surface area contributed by atoms with Crippen LogP contribution in [0.3, 0.4) is 0 Å². The Balaban J connectivity index is 1.88. The molecule has 0 spiro atoms. The second-order valence-electron chi connectivity index (χ2n) is 6.38. The number of nitrogens with zero attached hydrogens (tertiary/aromatic N) is 1. The Labute approximate surface area is 168 Å². The Morgan fingerprint density at radius 1 is 1.07 bits per heavy atom. The molecule has 2 aromatic rings. The number of sulfonamides is 1. The van der Waals surface area contributed by atoms with E-state index in [1.165, 1.54) is 37.4 Å². The maximum Gasteiger partial charge on any atom is 0.262 e. The Hall–Kier alpha value is -2.58. The number of nitrogens with one attached hydrogen (secondary N) is 1. The number of hydrogen-bond donors (Lipinski definition) is 1. The van der Waals surface area contributed by atoms with Crippen molar-refractivity contribution in [2.24, 2.45) is 0 Å². The quantitative estimate of drug-likeness (QED) is 0.744. The minimum absolute atomic E-state index is 0.0113. The van der Waals surface area contributed by atoms with Gasteiger partial charge in [-0.05, 0) is 49.2 Å². The largest absolute Gasteiger partial charge is 0.495 e. The number of carbonyl (C=O) groups excluding carboxylic acids is 2. The number of aryl methyl sites for hydroxylation is 1. The molecule has 1 saturated heterocycles. The van der Waals surface area contributed by atoms with Crippen molar-refractivity contribution in [2.75, 3.05) is 16.7 Å². The molecule has 1 N–H and O–H groups in total. The van der Waals surface area contributed by atoms with Gasteiger partial charge >= 0.3 is 0 Å². The summed E-state index contributed by atoms with van der Waals surface area (Å²) in [6.45, 7) is 1.75. The van der Waals surface area contributed by atoms with Crippen LogP contribution in [0, 0.1) is 6.92 Å². The topological polar surface area (TPSA) is 92.8 Å². The number of carbonyl (C=O) groups is 2. The standard InChI is InChI=1S/C19H19ClN2O5S/c1-12-10-16(17(27-2)11-15(12)20)21-28(25,26)14-8-6-13(7-9-14)22-18(23)4-3-5-19(22)24/h6-11,21H,3-5H2,1-2H3. The van der Waals surface area contributed by atoms with Gasteiger partial charge in [-0.15, -0.1) is 0 Å². The summed E-state index contributed by atoms with van der Waals surface area (Å²) < 4.78 is 33.1. The molecule has 28 heavy (non-hydrogen) atoms. The smallest absolute Gasteiger partial charge is 0.262 e. The number of hydrogen-bond acceptors (Lipinski definition) is 5. The summed E-state index contributed by atoms with van der Waals surface area (Å²) in [6.07, 6.45) is 1.12. The molecular weight excluding hydrogens is 404 g/mol. The maximum absolute atomic E-state index is 12.7. The number of imide groups is 1. The molecule has 1 heterocycles. The fourth-order valence-electron chi connectivity index (χ4n) is 2.93. The average Bonchev–Trinajstić information content (AvgIpc) is 2.64. The van der Waals surface area contributed by atoms with Gasteiger partial charge in [0, 0.05) is 23.9 Å². The van der Waals surface area contributed by atoms with Crippen molar-refractivity contribution in [1.82, 2.24) is 0 Å². The van der Waals surface area contributed by atoms with Crippen LogP contribution in [-0.2, 0) is 19.6 Å². The summed E-state index contributed by atoms with van der Waals surface area (Å²) in [6, 6.07) is 8.70. The van der Waals surface area contributed by atoms with Crippen LogP contribution < -0.4 is 14.4 Å². The predicted molar refractivity (Wildman–Crippen MR) is 106 cm³/mol. The van der Waals surface area contributed by atoms with E-state index in [1.54, 1.807) is 13.0 Å². The van der Waals surface area contributed by atoms with Crippen LogP contribution in [-0.4, -0.2) is 27.3 Å². The highest BCUT2D eigenvalue weighted by molar-refractivity contribution is 7.92. The van der Waals surface area contributed by atoms with Crippen molar-refractivity contribution in [3.8, 4) is 5.75 Å². The first kappa shape index (κ1) is 20.2. The number of ether oxygens (including phenoxy) is 1. The van der Waals surface area contributed by atoms with Gasteiger partial charge in [0.15, 0.2) is 0 Å². The summed E-state index contributed by atoms with van der Waals surface area (Å²) in [5, 5.41) is 0.458. The minimum Gasteiger partial charge on any atom is -0.495 e. The second kappa shape index (κ2) is 7.81. The van der Waals surface area contributed by atoms with Crippen molar-refractivity contribution in [3.63, 3.8) is 0 Å². The zero-order valence-electron chi connectivity index (χ0n) is 15.4. The van der Waals surface area contributed by atoms with Crippen molar-refractivity contribution in [1.29, 1.82) is 0 Å². The molecule has 0 radical (unpaired) electrons. The third-order valence-corrected chi connectivity index (χ3v) is 6.20. The number of anilines is 2. The van der Waals surface area contributed by atoms with Crippen LogP contribution in [0.1, 0.15) is 24.8 Å². The number of amides is 2. The molecule has 0 saturated carbocycles. The van der Waals surface area contributed by atoms with Gasteiger partial charge in [0.25, 0.3) is 10.0 Å². The maximum atomic E-state index is 12.7. The van der Waals surface area contributed by atoms with E-state index in [0.29, 0.717) is 41.3 Å². The highest BCUT2D eigenvalue weighted by atomic mass is 35.5. The zero-order valence-corrected chi connectivity index (χ0v) is 16.9. The van der Waals surface area contributed by atoms with Gasteiger partial charge in [0.05, 0.1) is 23.4 Å². The molecule has 1 aliphatic heterocycles. The molecule has 2 amide bonds.